The Labute approximate surface area is 107 Å². The second-order valence-corrected chi connectivity index (χ2v) is 4.39. The molecule has 0 spiro atoms. The largest absolute Gasteiger partial charge is 0.324 e. The van der Waals surface area contributed by atoms with Gasteiger partial charge in [0.25, 0.3) is 5.69 Å². The molecule has 0 aromatic heterocycles. The van der Waals surface area contributed by atoms with E-state index >= 15 is 0 Å². The zero-order chi connectivity index (χ0) is 11.5. The molecule has 0 bridgehead atoms. The number of hydrogen-bond donors (Lipinski definition) is 1. The minimum atomic E-state index is -0.343. The molecule has 4 nitrogen and oxygen atoms in total. The highest BCUT2D eigenvalue weighted by atomic mass is 35.5. The van der Waals surface area contributed by atoms with Crippen LogP contribution >= 0.6 is 12.4 Å². The monoisotopic (exact) mass is 256 g/mol. The highest BCUT2D eigenvalue weighted by Gasteiger charge is 2.27. The molecule has 0 heterocycles. The fraction of sp³-hybridized carbons (Fsp3) is 0.500. The standard InChI is InChI=1S/C12H16N2O2.ClH/c13-12(9-5-1-2-6-9)10-7-3-4-8-11(10)14(15)16;/h3-4,7-9,12H,1-2,5-6,13H2;1H/t12-;/m1./s1. The van der Waals surface area contributed by atoms with Gasteiger partial charge in [0.2, 0.25) is 0 Å². The normalized spacial score (nSPS) is 17.5. The zero-order valence-corrected chi connectivity index (χ0v) is 10.4. The maximum Gasteiger partial charge on any atom is 0.274 e. The number of rotatable bonds is 3. The summed E-state index contributed by atoms with van der Waals surface area (Å²) in [5.41, 5.74) is 6.97. The van der Waals surface area contributed by atoms with Crippen molar-refractivity contribution in [3.8, 4) is 0 Å². The van der Waals surface area contributed by atoms with Gasteiger partial charge in [-0.2, -0.15) is 0 Å². The quantitative estimate of drug-likeness (QED) is 0.667. The first-order chi connectivity index (χ1) is 7.70. The molecule has 1 aliphatic carbocycles. The minimum absolute atomic E-state index is 0. The van der Waals surface area contributed by atoms with E-state index in [0.717, 1.165) is 12.8 Å². The molecular formula is C12H17ClN2O2. The van der Waals surface area contributed by atoms with E-state index in [1.54, 1.807) is 12.1 Å². The average Bonchev–Trinajstić information content (AvgIpc) is 2.81. The Bertz CT molecular complexity index is 392. The Hall–Kier alpha value is -1.13. The number of nitro groups is 1. The summed E-state index contributed by atoms with van der Waals surface area (Å²) in [5.74, 6) is 0.404. The van der Waals surface area contributed by atoms with Crippen molar-refractivity contribution in [3.63, 3.8) is 0 Å². The van der Waals surface area contributed by atoms with E-state index < -0.39 is 0 Å². The highest BCUT2D eigenvalue weighted by Crippen LogP contribution is 2.37. The molecule has 1 aliphatic rings. The fourth-order valence-electron chi connectivity index (χ4n) is 2.51. The Kier molecular flexibility index (Phi) is 4.90. The van der Waals surface area contributed by atoms with Crippen LogP contribution in [0.15, 0.2) is 24.3 Å². The van der Waals surface area contributed by atoms with Gasteiger partial charge >= 0.3 is 0 Å². The van der Waals surface area contributed by atoms with Crippen LogP contribution in [-0.2, 0) is 0 Å². The van der Waals surface area contributed by atoms with Crippen LogP contribution in [0, 0.1) is 16.0 Å². The van der Waals surface area contributed by atoms with E-state index in [1.165, 1.54) is 18.9 Å². The summed E-state index contributed by atoms with van der Waals surface area (Å²) < 4.78 is 0. The van der Waals surface area contributed by atoms with Crippen molar-refractivity contribution in [3.05, 3.63) is 39.9 Å². The van der Waals surface area contributed by atoms with Crippen LogP contribution < -0.4 is 5.73 Å². The van der Waals surface area contributed by atoms with E-state index in [0.29, 0.717) is 11.5 Å². The van der Waals surface area contributed by atoms with Crippen LogP contribution in [0.3, 0.4) is 0 Å². The molecule has 17 heavy (non-hydrogen) atoms. The van der Waals surface area contributed by atoms with E-state index in [-0.39, 0.29) is 29.1 Å². The number of nitrogens with two attached hydrogens (primary N) is 1. The molecule has 0 saturated heterocycles. The molecule has 5 heteroatoms. The summed E-state index contributed by atoms with van der Waals surface area (Å²) in [6.45, 7) is 0. The van der Waals surface area contributed by atoms with Crippen molar-refractivity contribution in [2.75, 3.05) is 0 Å². The average molecular weight is 257 g/mol. The number of benzene rings is 1. The summed E-state index contributed by atoms with van der Waals surface area (Å²) >= 11 is 0. The van der Waals surface area contributed by atoms with Crippen molar-refractivity contribution >= 4 is 18.1 Å². The van der Waals surface area contributed by atoms with Crippen molar-refractivity contribution in [2.24, 2.45) is 11.7 Å². The van der Waals surface area contributed by atoms with Gasteiger partial charge in [-0.3, -0.25) is 10.1 Å². The van der Waals surface area contributed by atoms with Crippen LogP contribution in [0.5, 0.6) is 0 Å². The first-order valence-corrected chi connectivity index (χ1v) is 5.69. The van der Waals surface area contributed by atoms with Gasteiger partial charge in [-0.1, -0.05) is 31.0 Å². The predicted molar refractivity (Wildman–Crippen MR) is 69.2 cm³/mol. The molecule has 1 aromatic carbocycles. The molecule has 0 unspecified atom stereocenters. The highest BCUT2D eigenvalue weighted by molar-refractivity contribution is 5.85. The van der Waals surface area contributed by atoms with Crippen LogP contribution in [0.2, 0.25) is 0 Å². The van der Waals surface area contributed by atoms with Crippen molar-refractivity contribution in [1.82, 2.24) is 0 Å². The Morgan fingerprint density at radius 2 is 1.88 bits per heavy atom. The van der Waals surface area contributed by atoms with Gasteiger partial charge in [0.05, 0.1) is 4.92 Å². The topological polar surface area (TPSA) is 69.2 Å². The SMILES string of the molecule is Cl.N[C@@H](c1ccccc1[N+](=O)[O-])C1CCCC1. The molecule has 1 aromatic rings. The van der Waals surface area contributed by atoms with Gasteiger partial charge in [-0.25, -0.2) is 0 Å². The van der Waals surface area contributed by atoms with Gasteiger partial charge in [-0.15, -0.1) is 12.4 Å². The molecule has 1 atom stereocenters. The van der Waals surface area contributed by atoms with E-state index in [4.69, 9.17) is 5.73 Å². The number of hydrogen-bond acceptors (Lipinski definition) is 3. The van der Waals surface area contributed by atoms with Gasteiger partial charge < -0.3 is 5.73 Å². The number of para-hydroxylation sites is 1. The third-order valence-electron chi connectivity index (χ3n) is 3.40. The third-order valence-corrected chi connectivity index (χ3v) is 3.40. The summed E-state index contributed by atoms with van der Waals surface area (Å²) in [6.07, 6.45) is 4.57. The number of nitrogens with zero attached hydrogens (tertiary/aromatic N) is 1. The first kappa shape index (κ1) is 13.9. The fourth-order valence-corrected chi connectivity index (χ4v) is 2.51. The lowest BCUT2D eigenvalue weighted by Crippen LogP contribution is -2.20. The zero-order valence-electron chi connectivity index (χ0n) is 9.54. The first-order valence-electron chi connectivity index (χ1n) is 5.69. The maximum absolute atomic E-state index is 10.9. The number of nitro benzene ring substituents is 1. The van der Waals surface area contributed by atoms with Crippen LogP contribution in [0.1, 0.15) is 37.3 Å². The molecule has 0 amide bonds. The molecule has 1 fully saturated rings. The van der Waals surface area contributed by atoms with Crippen molar-refractivity contribution in [2.45, 2.75) is 31.7 Å². The summed E-state index contributed by atoms with van der Waals surface area (Å²) in [5, 5.41) is 10.9. The smallest absolute Gasteiger partial charge is 0.274 e. The summed E-state index contributed by atoms with van der Waals surface area (Å²) in [6, 6.07) is 6.62. The van der Waals surface area contributed by atoms with Crippen LogP contribution in [-0.4, -0.2) is 4.92 Å². The lowest BCUT2D eigenvalue weighted by molar-refractivity contribution is -0.385. The Morgan fingerprint density at radius 3 is 2.47 bits per heavy atom. The van der Waals surface area contributed by atoms with Gasteiger partial charge in [0.1, 0.15) is 0 Å². The molecule has 2 rings (SSSR count). The number of halogens is 1. The molecule has 0 aliphatic heterocycles. The van der Waals surface area contributed by atoms with Crippen LogP contribution in [0.25, 0.3) is 0 Å². The van der Waals surface area contributed by atoms with E-state index in [2.05, 4.69) is 0 Å². The minimum Gasteiger partial charge on any atom is -0.324 e. The summed E-state index contributed by atoms with van der Waals surface area (Å²) in [4.78, 5) is 10.5. The molecule has 94 valence electrons. The second kappa shape index (κ2) is 5.98. The molecular weight excluding hydrogens is 240 g/mol. The van der Waals surface area contributed by atoms with Gasteiger partial charge in [0.15, 0.2) is 0 Å². The second-order valence-electron chi connectivity index (χ2n) is 4.39. The van der Waals surface area contributed by atoms with Crippen molar-refractivity contribution < 1.29 is 4.92 Å². The third kappa shape index (κ3) is 2.96. The van der Waals surface area contributed by atoms with E-state index in [1.807, 2.05) is 6.07 Å². The lowest BCUT2D eigenvalue weighted by atomic mass is 9.91. The maximum atomic E-state index is 10.9. The Morgan fingerprint density at radius 1 is 1.29 bits per heavy atom. The van der Waals surface area contributed by atoms with Gasteiger partial charge in [-0.05, 0) is 18.8 Å². The Balaban J connectivity index is 0.00000144. The van der Waals surface area contributed by atoms with Crippen LogP contribution in [0.4, 0.5) is 5.69 Å². The summed E-state index contributed by atoms with van der Waals surface area (Å²) in [7, 11) is 0. The van der Waals surface area contributed by atoms with Gasteiger partial charge in [0, 0.05) is 17.7 Å². The lowest BCUT2D eigenvalue weighted by Gasteiger charge is -2.18. The van der Waals surface area contributed by atoms with E-state index in [9.17, 15) is 10.1 Å². The van der Waals surface area contributed by atoms with Crippen molar-refractivity contribution in [1.29, 1.82) is 0 Å². The molecule has 2 N–H and O–H groups in total. The predicted octanol–water partition coefficient (Wildman–Crippen LogP) is 3.21. The molecule has 0 radical (unpaired) electrons. The molecule has 1 saturated carbocycles.